The lowest BCUT2D eigenvalue weighted by atomic mass is 10.1. The number of benzene rings is 2. The van der Waals surface area contributed by atoms with Gasteiger partial charge >= 0.3 is 0 Å². The van der Waals surface area contributed by atoms with Gasteiger partial charge in [-0.05, 0) is 23.8 Å². The Hall–Kier alpha value is -4.27. The Kier molecular flexibility index (Phi) is 4.98. The van der Waals surface area contributed by atoms with E-state index in [1.807, 2.05) is 42.5 Å². The third kappa shape index (κ3) is 3.64. The van der Waals surface area contributed by atoms with Crippen molar-refractivity contribution in [2.45, 2.75) is 12.5 Å². The van der Waals surface area contributed by atoms with Crippen LogP contribution in [0.15, 0.2) is 60.9 Å². The van der Waals surface area contributed by atoms with E-state index >= 15 is 0 Å². The lowest BCUT2D eigenvalue weighted by molar-refractivity contribution is -0.120. The number of H-pyrrole nitrogens is 1. The number of hydrogen-bond donors (Lipinski definition) is 2. The SMILES string of the molecule is CN1C(=O)C(NC(=O)c2n[nH]c(Cc3ccccc3)n2)COc2ccc3cnccc3c21. The van der Waals surface area contributed by atoms with Crippen molar-refractivity contribution in [1.29, 1.82) is 0 Å². The largest absolute Gasteiger partial charge is 0.489 e. The molecule has 0 bridgehead atoms. The predicted octanol–water partition coefficient (Wildman–Crippen LogP) is 2.10. The van der Waals surface area contributed by atoms with Gasteiger partial charge in [0.1, 0.15) is 24.2 Å². The summed E-state index contributed by atoms with van der Waals surface area (Å²) in [5.41, 5.74) is 1.69. The van der Waals surface area contributed by atoms with Crippen LogP contribution in [-0.2, 0) is 11.2 Å². The van der Waals surface area contributed by atoms with Crippen molar-refractivity contribution < 1.29 is 14.3 Å². The van der Waals surface area contributed by atoms with Gasteiger partial charge in [0.15, 0.2) is 0 Å². The molecule has 1 aliphatic heterocycles. The number of nitrogens with zero attached hydrogens (tertiary/aromatic N) is 4. The van der Waals surface area contributed by atoms with Crippen LogP contribution in [0.1, 0.15) is 22.0 Å². The molecule has 0 radical (unpaired) electrons. The number of likely N-dealkylation sites (N-methyl/N-ethyl adjacent to an activating group) is 1. The fourth-order valence-electron chi connectivity index (χ4n) is 3.77. The summed E-state index contributed by atoms with van der Waals surface area (Å²) in [6.45, 7) is -0.000199. The van der Waals surface area contributed by atoms with Gasteiger partial charge in [0.2, 0.25) is 5.82 Å². The Morgan fingerprint density at radius 2 is 2.06 bits per heavy atom. The second kappa shape index (κ2) is 8.10. The molecule has 0 spiro atoms. The fourth-order valence-corrected chi connectivity index (χ4v) is 3.77. The van der Waals surface area contributed by atoms with Crippen LogP contribution in [0.2, 0.25) is 0 Å². The first kappa shape index (κ1) is 19.7. The first-order valence-electron chi connectivity index (χ1n) is 10.1. The maximum Gasteiger partial charge on any atom is 0.291 e. The summed E-state index contributed by atoms with van der Waals surface area (Å²) in [6, 6.07) is 14.4. The highest BCUT2D eigenvalue weighted by Gasteiger charge is 2.32. The van der Waals surface area contributed by atoms with E-state index in [4.69, 9.17) is 4.74 Å². The van der Waals surface area contributed by atoms with Crippen molar-refractivity contribution in [1.82, 2.24) is 25.5 Å². The van der Waals surface area contributed by atoms with Crippen molar-refractivity contribution in [2.24, 2.45) is 0 Å². The highest BCUT2D eigenvalue weighted by atomic mass is 16.5. The highest BCUT2D eigenvalue weighted by Crippen LogP contribution is 2.37. The number of aromatic nitrogens is 4. The Bertz CT molecular complexity index is 1300. The number of carbonyl (C=O) groups is 2. The fraction of sp³-hybridized carbons (Fsp3) is 0.174. The van der Waals surface area contributed by atoms with E-state index in [2.05, 4.69) is 25.5 Å². The molecule has 160 valence electrons. The van der Waals surface area contributed by atoms with Crippen molar-refractivity contribution in [2.75, 3.05) is 18.6 Å². The van der Waals surface area contributed by atoms with Crippen LogP contribution >= 0.6 is 0 Å². The number of anilines is 1. The number of aromatic amines is 1. The quantitative estimate of drug-likeness (QED) is 0.515. The molecule has 0 saturated heterocycles. The van der Waals surface area contributed by atoms with Crippen LogP contribution in [0.5, 0.6) is 5.75 Å². The number of carbonyl (C=O) groups excluding carboxylic acids is 2. The van der Waals surface area contributed by atoms with Gasteiger partial charge < -0.3 is 15.0 Å². The molecular formula is C23H20N6O3. The molecule has 9 heteroatoms. The highest BCUT2D eigenvalue weighted by molar-refractivity contribution is 6.09. The van der Waals surface area contributed by atoms with E-state index in [0.29, 0.717) is 23.7 Å². The number of ether oxygens (including phenoxy) is 1. The average Bonchev–Trinajstić information content (AvgIpc) is 3.25. The van der Waals surface area contributed by atoms with Crippen LogP contribution in [0.25, 0.3) is 10.8 Å². The summed E-state index contributed by atoms with van der Waals surface area (Å²) >= 11 is 0. The van der Waals surface area contributed by atoms with E-state index in [0.717, 1.165) is 16.3 Å². The topological polar surface area (TPSA) is 113 Å². The first-order valence-corrected chi connectivity index (χ1v) is 10.1. The molecule has 2 aromatic heterocycles. The van der Waals surface area contributed by atoms with Gasteiger partial charge in [-0.25, -0.2) is 4.98 Å². The molecule has 0 saturated carbocycles. The van der Waals surface area contributed by atoms with Crippen LogP contribution < -0.4 is 15.0 Å². The van der Waals surface area contributed by atoms with Crippen LogP contribution in [0.3, 0.4) is 0 Å². The van der Waals surface area contributed by atoms with Gasteiger partial charge in [-0.3, -0.25) is 19.7 Å². The minimum Gasteiger partial charge on any atom is -0.489 e. The van der Waals surface area contributed by atoms with E-state index in [9.17, 15) is 9.59 Å². The zero-order valence-electron chi connectivity index (χ0n) is 17.3. The minimum absolute atomic E-state index is 0.000199. The summed E-state index contributed by atoms with van der Waals surface area (Å²) in [5.74, 6) is 0.274. The van der Waals surface area contributed by atoms with Crippen molar-refractivity contribution in [3.8, 4) is 5.75 Å². The number of rotatable bonds is 4. The molecule has 3 heterocycles. The zero-order chi connectivity index (χ0) is 22.1. The Morgan fingerprint density at radius 3 is 2.91 bits per heavy atom. The van der Waals surface area contributed by atoms with Crippen LogP contribution in [0, 0.1) is 0 Å². The third-order valence-electron chi connectivity index (χ3n) is 5.38. The summed E-state index contributed by atoms with van der Waals surface area (Å²) in [4.78, 5) is 35.8. The first-order chi connectivity index (χ1) is 15.6. The van der Waals surface area contributed by atoms with E-state index in [1.54, 1.807) is 25.5 Å². The van der Waals surface area contributed by atoms with Crippen molar-refractivity contribution in [3.63, 3.8) is 0 Å². The van der Waals surface area contributed by atoms with Crippen molar-refractivity contribution in [3.05, 3.63) is 78.1 Å². The average molecular weight is 428 g/mol. The number of hydrogen-bond acceptors (Lipinski definition) is 6. The molecular weight excluding hydrogens is 408 g/mol. The summed E-state index contributed by atoms with van der Waals surface area (Å²) in [6.07, 6.45) is 3.92. The molecule has 4 aromatic rings. The lowest BCUT2D eigenvalue weighted by Crippen LogP contribution is -2.49. The monoisotopic (exact) mass is 428 g/mol. The standard InChI is InChI=1S/C23H20N6O3/c1-29-20-16-9-10-24-12-15(16)7-8-18(20)32-13-17(23(29)31)25-22(30)21-26-19(27-28-21)11-14-5-3-2-4-6-14/h2-10,12,17H,11,13H2,1H3,(H,25,30)(H,26,27,28). The second-order valence-corrected chi connectivity index (χ2v) is 7.51. The molecule has 9 nitrogen and oxygen atoms in total. The molecule has 5 rings (SSSR count). The molecule has 2 aromatic carbocycles. The van der Waals surface area contributed by atoms with Gasteiger partial charge in [0.05, 0.1) is 5.69 Å². The van der Waals surface area contributed by atoms with Gasteiger partial charge in [0.25, 0.3) is 11.8 Å². The minimum atomic E-state index is -0.882. The van der Waals surface area contributed by atoms with Crippen LogP contribution in [0.4, 0.5) is 5.69 Å². The zero-order valence-corrected chi connectivity index (χ0v) is 17.3. The molecule has 1 atom stereocenters. The van der Waals surface area contributed by atoms with E-state index in [1.165, 1.54) is 4.90 Å². The van der Waals surface area contributed by atoms with Gasteiger partial charge in [-0.15, -0.1) is 5.10 Å². The lowest BCUT2D eigenvalue weighted by Gasteiger charge is -2.21. The molecule has 0 fully saturated rings. The molecule has 0 aliphatic carbocycles. The van der Waals surface area contributed by atoms with Gasteiger partial charge in [0, 0.05) is 36.6 Å². The van der Waals surface area contributed by atoms with Gasteiger partial charge in [-0.1, -0.05) is 30.3 Å². The number of pyridine rings is 1. The Labute approximate surface area is 183 Å². The number of fused-ring (bicyclic) bond motifs is 3. The predicted molar refractivity (Wildman–Crippen MR) is 118 cm³/mol. The Balaban J connectivity index is 1.33. The maximum absolute atomic E-state index is 13.1. The molecule has 2 amide bonds. The summed E-state index contributed by atoms with van der Waals surface area (Å²) < 4.78 is 5.88. The molecule has 32 heavy (non-hydrogen) atoms. The summed E-state index contributed by atoms with van der Waals surface area (Å²) in [7, 11) is 1.67. The van der Waals surface area contributed by atoms with E-state index in [-0.39, 0.29) is 18.3 Å². The van der Waals surface area contributed by atoms with Gasteiger partial charge in [-0.2, -0.15) is 0 Å². The maximum atomic E-state index is 13.1. The number of nitrogens with one attached hydrogen (secondary N) is 2. The smallest absolute Gasteiger partial charge is 0.291 e. The van der Waals surface area contributed by atoms with Crippen LogP contribution in [-0.4, -0.2) is 51.7 Å². The van der Waals surface area contributed by atoms with E-state index < -0.39 is 11.9 Å². The van der Waals surface area contributed by atoms with Crippen molar-refractivity contribution >= 4 is 28.3 Å². The molecule has 1 unspecified atom stereocenters. The summed E-state index contributed by atoms with van der Waals surface area (Å²) in [5, 5.41) is 11.2. The third-order valence-corrected chi connectivity index (χ3v) is 5.38. The molecule has 2 N–H and O–H groups in total. The Morgan fingerprint density at radius 1 is 1.22 bits per heavy atom. The second-order valence-electron chi connectivity index (χ2n) is 7.51. The normalized spacial score (nSPS) is 15.7. The number of amides is 2. The molecule has 1 aliphatic rings.